The predicted octanol–water partition coefficient (Wildman–Crippen LogP) is 3.17. The van der Waals surface area contributed by atoms with E-state index in [0.29, 0.717) is 18.8 Å². The Labute approximate surface area is 130 Å². The minimum absolute atomic E-state index is 0.00406. The number of nitrogens with zero attached hydrogens (tertiary/aromatic N) is 2. The molecule has 0 heterocycles. The van der Waals surface area contributed by atoms with Crippen molar-refractivity contribution in [1.29, 1.82) is 0 Å². The molecule has 120 valence electrons. The van der Waals surface area contributed by atoms with Gasteiger partial charge in [-0.05, 0) is 24.3 Å². The van der Waals surface area contributed by atoms with E-state index in [1.807, 2.05) is 0 Å². The predicted molar refractivity (Wildman–Crippen MR) is 83.1 cm³/mol. The minimum Gasteiger partial charge on any atom is -0.383 e. The number of hydrogen-bond acceptors (Lipinski definition) is 6. The molecule has 0 fully saturated rings. The second kappa shape index (κ2) is 7.16. The number of halogens is 1. The lowest BCUT2D eigenvalue weighted by atomic mass is 10.2. The quantitative estimate of drug-likeness (QED) is 0.460. The average Bonchev–Trinajstić information content (AvgIpc) is 2.53. The highest BCUT2D eigenvalue weighted by atomic mass is 19.1. The van der Waals surface area contributed by atoms with Crippen molar-refractivity contribution in [3.8, 4) is 0 Å². The molecule has 0 bridgehead atoms. The van der Waals surface area contributed by atoms with E-state index in [1.54, 1.807) is 12.1 Å². The van der Waals surface area contributed by atoms with E-state index in [2.05, 4.69) is 10.6 Å². The van der Waals surface area contributed by atoms with Gasteiger partial charge < -0.3 is 10.6 Å². The van der Waals surface area contributed by atoms with Gasteiger partial charge in [0, 0.05) is 30.9 Å². The fourth-order valence-corrected chi connectivity index (χ4v) is 1.91. The minimum atomic E-state index is -0.675. The lowest BCUT2D eigenvalue weighted by molar-refractivity contribution is -0.384. The number of nitrogens with one attached hydrogen (secondary N) is 2. The molecule has 0 aliphatic heterocycles. The molecule has 0 aromatic heterocycles. The third-order valence-corrected chi connectivity index (χ3v) is 3.00. The molecule has 8 nitrogen and oxygen atoms in total. The van der Waals surface area contributed by atoms with Crippen LogP contribution in [-0.4, -0.2) is 22.9 Å². The van der Waals surface area contributed by atoms with Crippen LogP contribution in [0.5, 0.6) is 0 Å². The lowest BCUT2D eigenvalue weighted by Crippen LogP contribution is -2.14. The highest BCUT2D eigenvalue weighted by molar-refractivity contribution is 5.61. The summed E-state index contributed by atoms with van der Waals surface area (Å²) in [5.74, 6) is -0.675. The molecule has 9 heteroatoms. The van der Waals surface area contributed by atoms with E-state index in [4.69, 9.17) is 0 Å². The molecule has 2 aromatic carbocycles. The first-order chi connectivity index (χ1) is 11.0. The van der Waals surface area contributed by atoms with Gasteiger partial charge in [-0.25, -0.2) is 4.39 Å². The standard InChI is InChI=1S/C14H13FN4O4/c15-10-1-6-13(14(9-10)19(22)23)17-8-7-16-11-2-4-12(5-3-11)18(20)21/h1-6,9,16-17H,7-8H2. The molecule has 0 aliphatic rings. The Balaban J connectivity index is 1.88. The molecule has 0 aliphatic carbocycles. The Kier molecular flexibility index (Phi) is 5.03. The Morgan fingerprint density at radius 2 is 1.57 bits per heavy atom. The molecule has 0 atom stereocenters. The number of hydrogen-bond donors (Lipinski definition) is 2. The van der Waals surface area contributed by atoms with E-state index in [9.17, 15) is 24.6 Å². The molecular formula is C14H13FN4O4. The molecule has 0 saturated heterocycles. The van der Waals surface area contributed by atoms with Gasteiger partial charge in [0.25, 0.3) is 11.4 Å². The summed E-state index contributed by atoms with van der Waals surface area (Å²) in [6.07, 6.45) is 0. The number of rotatable bonds is 7. The van der Waals surface area contributed by atoms with Gasteiger partial charge in [-0.2, -0.15) is 0 Å². The van der Waals surface area contributed by atoms with Crippen molar-refractivity contribution < 1.29 is 14.2 Å². The maximum absolute atomic E-state index is 13.0. The summed E-state index contributed by atoms with van der Waals surface area (Å²) in [7, 11) is 0. The normalized spacial score (nSPS) is 10.1. The second-order valence-corrected chi connectivity index (χ2v) is 4.58. The number of anilines is 2. The van der Waals surface area contributed by atoms with Crippen LogP contribution in [0, 0.1) is 26.0 Å². The molecular weight excluding hydrogens is 307 g/mol. The van der Waals surface area contributed by atoms with Crippen LogP contribution in [-0.2, 0) is 0 Å². The third-order valence-electron chi connectivity index (χ3n) is 3.00. The number of benzene rings is 2. The first-order valence-corrected chi connectivity index (χ1v) is 6.63. The number of non-ortho nitro benzene ring substituents is 1. The van der Waals surface area contributed by atoms with Crippen molar-refractivity contribution >= 4 is 22.7 Å². The highest BCUT2D eigenvalue weighted by Gasteiger charge is 2.14. The number of nitro groups is 2. The molecule has 0 radical (unpaired) electrons. The molecule has 0 unspecified atom stereocenters. The zero-order chi connectivity index (χ0) is 16.8. The van der Waals surface area contributed by atoms with Crippen LogP contribution in [0.4, 0.5) is 27.1 Å². The lowest BCUT2D eigenvalue weighted by Gasteiger charge is -2.09. The molecule has 2 N–H and O–H groups in total. The summed E-state index contributed by atoms with van der Waals surface area (Å²) in [6, 6.07) is 9.18. The smallest absolute Gasteiger partial charge is 0.295 e. The first kappa shape index (κ1) is 16.1. The van der Waals surface area contributed by atoms with E-state index >= 15 is 0 Å². The topological polar surface area (TPSA) is 110 Å². The monoisotopic (exact) mass is 320 g/mol. The van der Waals surface area contributed by atoms with Gasteiger partial charge >= 0.3 is 0 Å². The Morgan fingerprint density at radius 3 is 2.17 bits per heavy atom. The van der Waals surface area contributed by atoms with Crippen LogP contribution in [0.2, 0.25) is 0 Å². The van der Waals surface area contributed by atoms with Gasteiger partial charge in [0.1, 0.15) is 11.5 Å². The van der Waals surface area contributed by atoms with Crippen molar-refractivity contribution in [3.63, 3.8) is 0 Å². The van der Waals surface area contributed by atoms with Gasteiger partial charge in [0.15, 0.2) is 0 Å². The second-order valence-electron chi connectivity index (χ2n) is 4.58. The Hall–Kier alpha value is -3.23. The molecule has 2 rings (SSSR count). The summed E-state index contributed by atoms with van der Waals surface area (Å²) in [4.78, 5) is 20.2. The molecule has 23 heavy (non-hydrogen) atoms. The van der Waals surface area contributed by atoms with E-state index in [0.717, 1.165) is 12.1 Å². The Bertz CT molecular complexity index is 721. The van der Waals surface area contributed by atoms with Gasteiger partial charge in [-0.1, -0.05) is 0 Å². The molecule has 0 saturated carbocycles. The summed E-state index contributed by atoms with van der Waals surface area (Å²) < 4.78 is 13.0. The largest absolute Gasteiger partial charge is 0.383 e. The molecule has 0 spiro atoms. The fourth-order valence-electron chi connectivity index (χ4n) is 1.91. The van der Waals surface area contributed by atoms with Gasteiger partial charge in [0.2, 0.25) is 0 Å². The van der Waals surface area contributed by atoms with Gasteiger partial charge in [0.05, 0.1) is 15.9 Å². The zero-order valence-corrected chi connectivity index (χ0v) is 11.9. The maximum Gasteiger partial charge on any atom is 0.295 e. The van der Waals surface area contributed by atoms with Gasteiger partial charge in [-0.15, -0.1) is 0 Å². The Morgan fingerprint density at radius 1 is 0.913 bits per heavy atom. The summed E-state index contributed by atoms with van der Waals surface area (Å²) in [5.41, 5.74) is 0.573. The van der Waals surface area contributed by atoms with Crippen molar-refractivity contribution in [3.05, 3.63) is 68.5 Å². The van der Waals surface area contributed by atoms with E-state index in [1.165, 1.54) is 18.2 Å². The summed E-state index contributed by atoms with van der Waals surface area (Å²) in [5, 5.41) is 27.2. The molecule has 0 amide bonds. The first-order valence-electron chi connectivity index (χ1n) is 6.63. The fraction of sp³-hybridized carbons (Fsp3) is 0.143. The van der Waals surface area contributed by atoms with Crippen LogP contribution in [0.3, 0.4) is 0 Å². The summed E-state index contributed by atoms with van der Waals surface area (Å²) in [6.45, 7) is 0.774. The zero-order valence-electron chi connectivity index (χ0n) is 11.9. The van der Waals surface area contributed by atoms with Crippen LogP contribution in [0.1, 0.15) is 0 Å². The SMILES string of the molecule is O=[N+]([O-])c1ccc(NCCNc2ccc(F)cc2[N+](=O)[O-])cc1. The van der Waals surface area contributed by atoms with Crippen LogP contribution in [0.25, 0.3) is 0 Å². The van der Waals surface area contributed by atoms with Crippen molar-refractivity contribution in [2.75, 3.05) is 23.7 Å². The van der Waals surface area contributed by atoms with Crippen molar-refractivity contribution in [2.24, 2.45) is 0 Å². The van der Waals surface area contributed by atoms with E-state index < -0.39 is 15.7 Å². The summed E-state index contributed by atoms with van der Waals surface area (Å²) >= 11 is 0. The van der Waals surface area contributed by atoms with Gasteiger partial charge in [-0.3, -0.25) is 20.2 Å². The maximum atomic E-state index is 13.0. The molecule has 2 aromatic rings. The van der Waals surface area contributed by atoms with Crippen molar-refractivity contribution in [1.82, 2.24) is 0 Å². The van der Waals surface area contributed by atoms with E-state index in [-0.39, 0.29) is 17.1 Å². The highest BCUT2D eigenvalue weighted by Crippen LogP contribution is 2.24. The third kappa shape index (κ3) is 4.37. The van der Waals surface area contributed by atoms with Crippen LogP contribution in [0.15, 0.2) is 42.5 Å². The number of nitro benzene ring substituents is 2. The average molecular weight is 320 g/mol. The van der Waals surface area contributed by atoms with Crippen LogP contribution >= 0.6 is 0 Å². The van der Waals surface area contributed by atoms with Crippen LogP contribution < -0.4 is 10.6 Å². The van der Waals surface area contributed by atoms with Crippen molar-refractivity contribution in [2.45, 2.75) is 0 Å².